The number of hydrogen-bond acceptors (Lipinski definition) is 6. The number of carbonyl (C=O) groups is 1. The molecule has 1 N–H and O–H groups in total. The van der Waals surface area contributed by atoms with Crippen LogP contribution in [0.2, 0.25) is 0 Å². The number of non-ortho nitro benzene ring substituents is 1. The molecule has 0 bridgehead atoms. The van der Waals surface area contributed by atoms with Gasteiger partial charge in [0.05, 0.1) is 10.2 Å². The topological polar surface area (TPSA) is 103 Å². The van der Waals surface area contributed by atoms with Gasteiger partial charge in [-0.1, -0.05) is 17.8 Å². The number of aryl methyl sites for hydroxylation is 1. The molecule has 1 aromatic carbocycles. The van der Waals surface area contributed by atoms with Gasteiger partial charge in [-0.3, -0.25) is 14.9 Å². The lowest BCUT2D eigenvalue weighted by Gasteiger charge is -2.11. The molecule has 1 atom stereocenters. The maximum absolute atomic E-state index is 12.1. The third-order valence-corrected chi connectivity index (χ3v) is 3.79. The maximum Gasteiger partial charge on any atom is 0.271 e. The summed E-state index contributed by atoms with van der Waals surface area (Å²) < 4.78 is 1.71. The number of nitrogens with zero attached hydrogens (tertiary/aromatic N) is 4. The van der Waals surface area contributed by atoms with Crippen molar-refractivity contribution in [3.63, 3.8) is 0 Å². The van der Waals surface area contributed by atoms with Crippen molar-refractivity contribution >= 4 is 29.0 Å². The number of anilines is 1. The standard InChI is InChI=1S/C12H13N5O3S/c1-8(21-12-15-13-7-16(12)2)11(18)14-9-4-3-5-10(6-9)17(19)20/h3-8H,1-2H3,(H,14,18). The molecule has 0 radical (unpaired) electrons. The lowest BCUT2D eigenvalue weighted by Crippen LogP contribution is -2.22. The molecule has 0 fully saturated rings. The number of rotatable bonds is 5. The molecule has 8 nitrogen and oxygen atoms in total. The number of amides is 1. The molecule has 1 unspecified atom stereocenters. The first-order valence-corrected chi connectivity index (χ1v) is 6.91. The van der Waals surface area contributed by atoms with E-state index in [0.29, 0.717) is 10.8 Å². The van der Waals surface area contributed by atoms with Gasteiger partial charge in [-0.25, -0.2) is 0 Å². The minimum Gasteiger partial charge on any atom is -0.325 e. The van der Waals surface area contributed by atoms with Gasteiger partial charge in [-0.15, -0.1) is 10.2 Å². The minimum absolute atomic E-state index is 0.0681. The highest BCUT2D eigenvalue weighted by Crippen LogP contribution is 2.22. The molecule has 21 heavy (non-hydrogen) atoms. The number of benzene rings is 1. The zero-order valence-electron chi connectivity index (χ0n) is 11.4. The van der Waals surface area contributed by atoms with Crippen LogP contribution in [0.1, 0.15) is 6.92 Å². The van der Waals surface area contributed by atoms with Gasteiger partial charge in [0, 0.05) is 24.9 Å². The van der Waals surface area contributed by atoms with Crippen LogP contribution in [0.15, 0.2) is 35.7 Å². The molecule has 110 valence electrons. The van der Waals surface area contributed by atoms with E-state index in [9.17, 15) is 14.9 Å². The number of nitro groups is 1. The molecule has 0 saturated heterocycles. The first-order chi connectivity index (χ1) is 9.97. The Balaban J connectivity index is 2.02. The van der Waals surface area contributed by atoms with Crippen LogP contribution in [0.5, 0.6) is 0 Å². The van der Waals surface area contributed by atoms with Crippen molar-refractivity contribution in [3.05, 3.63) is 40.7 Å². The van der Waals surface area contributed by atoms with Gasteiger partial charge < -0.3 is 9.88 Å². The first-order valence-electron chi connectivity index (χ1n) is 6.03. The third kappa shape index (κ3) is 3.78. The first kappa shape index (κ1) is 15.0. The molecule has 0 aliphatic rings. The molecule has 0 saturated carbocycles. The maximum atomic E-state index is 12.1. The Morgan fingerprint density at radius 2 is 2.29 bits per heavy atom. The van der Waals surface area contributed by atoms with Crippen molar-refractivity contribution in [3.8, 4) is 0 Å². The smallest absolute Gasteiger partial charge is 0.271 e. The predicted molar refractivity (Wildman–Crippen MR) is 78.0 cm³/mol. The number of thioether (sulfide) groups is 1. The van der Waals surface area contributed by atoms with E-state index in [2.05, 4.69) is 15.5 Å². The molecular formula is C12H13N5O3S. The Bertz CT molecular complexity index is 672. The van der Waals surface area contributed by atoms with E-state index in [1.165, 1.54) is 30.0 Å². The van der Waals surface area contributed by atoms with Crippen molar-refractivity contribution < 1.29 is 9.72 Å². The van der Waals surface area contributed by atoms with Gasteiger partial charge >= 0.3 is 0 Å². The summed E-state index contributed by atoms with van der Waals surface area (Å²) in [6.45, 7) is 1.73. The quantitative estimate of drug-likeness (QED) is 0.513. The summed E-state index contributed by atoms with van der Waals surface area (Å²) in [5.41, 5.74) is 0.320. The Labute approximate surface area is 124 Å². The van der Waals surface area contributed by atoms with Gasteiger partial charge in [0.15, 0.2) is 5.16 Å². The van der Waals surface area contributed by atoms with Crippen molar-refractivity contribution in [2.24, 2.45) is 7.05 Å². The molecule has 9 heteroatoms. The highest BCUT2D eigenvalue weighted by Gasteiger charge is 2.18. The van der Waals surface area contributed by atoms with Crippen LogP contribution in [-0.2, 0) is 11.8 Å². The van der Waals surface area contributed by atoms with Gasteiger partial charge in [-0.2, -0.15) is 0 Å². The van der Waals surface area contributed by atoms with Crippen LogP contribution < -0.4 is 5.32 Å². The van der Waals surface area contributed by atoms with Crippen LogP contribution in [0.25, 0.3) is 0 Å². The lowest BCUT2D eigenvalue weighted by molar-refractivity contribution is -0.384. The Morgan fingerprint density at radius 3 is 2.90 bits per heavy atom. The number of nitrogens with one attached hydrogen (secondary N) is 1. The number of carbonyl (C=O) groups excluding carboxylic acids is 1. The van der Waals surface area contributed by atoms with Crippen molar-refractivity contribution in [1.82, 2.24) is 14.8 Å². The van der Waals surface area contributed by atoms with E-state index in [0.717, 1.165) is 0 Å². The van der Waals surface area contributed by atoms with Crippen LogP contribution in [0.3, 0.4) is 0 Å². The number of hydrogen-bond donors (Lipinski definition) is 1. The molecule has 0 aliphatic carbocycles. The molecule has 0 spiro atoms. The summed E-state index contributed by atoms with van der Waals surface area (Å²) in [6.07, 6.45) is 1.55. The van der Waals surface area contributed by atoms with Gasteiger partial charge in [0.2, 0.25) is 5.91 Å². The SMILES string of the molecule is CC(Sc1nncn1C)C(=O)Nc1cccc([N+](=O)[O-])c1. The summed E-state index contributed by atoms with van der Waals surface area (Å²) in [5, 5.41) is 21.2. The lowest BCUT2D eigenvalue weighted by atomic mass is 10.2. The third-order valence-electron chi connectivity index (χ3n) is 2.65. The van der Waals surface area contributed by atoms with Gasteiger partial charge in [0.1, 0.15) is 6.33 Å². The average Bonchev–Trinajstić information content (AvgIpc) is 2.84. The van der Waals surface area contributed by atoms with E-state index < -0.39 is 10.2 Å². The van der Waals surface area contributed by atoms with E-state index in [4.69, 9.17) is 0 Å². The fraction of sp³-hybridized carbons (Fsp3) is 0.250. The largest absolute Gasteiger partial charge is 0.325 e. The molecule has 2 rings (SSSR count). The summed E-state index contributed by atoms with van der Waals surface area (Å²) in [7, 11) is 1.79. The molecular weight excluding hydrogens is 294 g/mol. The van der Waals surface area contributed by atoms with E-state index >= 15 is 0 Å². The molecule has 1 aromatic heterocycles. The summed E-state index contributed by atoms with van der Waals surface area (Å²) in [6, 6.07) is 5.81. The molecule has 1 amide bonds. The van der Waals surface area contributed by atoms with Crippen LogP contribution >= 0.6 is 11.8 Å². The van der Waals surface area contributed by atoms with Crippen molar-refractivity contribution in [1.29, 1.82) is 0 Å². The van der Waals surface area contributed by atoms with Crippen LogP contribution in [0.4, 0.5) is 11.4 Å². The Kier molecular flexibility index (Phi) is 4.53. The highest BCUT2D eigenvalue weighted by atomic mass is 32.2. The predicted octanol–water partition coefficient (Wildman–Crippen LogP) is 1.84. The van der Waals surface area contributed by atoms with Crippen molar-refractivity contribution in [2.45, 2.75) is 17.3 Å². The van der Waals surface area contributed by atoms with Crippen molar-refractivity contribution in [2.75, 3.05) is 5.32 Å². The number of nitro benzene ring substituents is 1. The molecule has 0 aliphatic heterocycles. The summed E-state index contributed by atoms with van der Waals surface area (Å²) in [5.74, 6) is -0.261. The zero-order chi connectivity index (χ0) is 15.4. The monoisotopic (exact) mass is 307 g/mol. The van der Waals surface area contributed by atoms with Crippen LogP contribution in [0, 0.1) is 10.1 Å². The zero-order valence-corrected chi connectivity index (χ0v) is 12.2. The average molecular weight is 307 g/mol. The minimum atomic E-state index is -0.507. The summed E-state index contributed by atoms with van der Waals surface area (Å²) in [4.78, 5) is 22.3. The van der Waals surface area contributed by atoms with E-state index in [1.54, 1.807) is 30.9 Å². The molecule has 2 aromatic rings. The normalized spacial score (nSPS) is 11.9. The fourth-order valence-electron chi connectivity index (χ4n) is 1.53. The van der Waals surface area contributed by atoms with Gasteiger partial charge in [0.25, 0.3) is 5.69 Å². The second-order valence-electron chi connectivity index (χ2n) is 4.28. The highest BCUT2D eigenvalue weighted by molar-refractivity contribution is 8.00. The second kappa shape index (κ2) is 6.35. The fourth-order valence-corrected chi connectivity index (χ4v) is 2.32. The molecule has 1 heterocycles. The van der Waals surface area contributed by atoms with E-state index in [1.807, 2.05) is 0 Å². The Hall–Kier alpha value is -2.42. The summed E-state index contributed by atoms with van der Waals surface area (Å²) >= 11 is 1.26. The number of aromatic nitrogens is 3. The second-order valence-corrected chi connectivity index (χ2v) is 5.59. The Morgan fingerprint density at radius 1 is 1.52 bits per heavy atom. The van der Waals surface area contributed by atoms with Crippen LogP contribution in [-0.4, -0.2) is 30.8 Å². The van der Waals surface area contributed by atoms with E-state index in [-0.39, 0.29) is 11.6 Å². The van der Waals surface area contributed by atoms with Gasteiger partial charge in [-0.05, 0) is 13.0 Å².